The SMILES string of the molecule is O=C(O)c1ccc(N2CCC(N3CCOCC3)C2)c(Br)c1. The lowest BCUT2D eigenvalue weighted by Crippen LogP contribution is -2.44. The standard InChI is InChI=1S/C15H19BrN2O3/c16-13-9-11(15(19)20)1-2-14(13)18-4-3-12(10-18)17-5-7-21-8-6-17/h1-2,9,12H,3-8,10H2,(H,19,20). The Bertz CT molecular complexity index is 532. The van der Waals surface area contributed by atoms with Crippen molar-refractivity contribution in [2.24, 2.45) is 0 Å². The third-order valence-electron chi connectivity index (χ3n) is 4.26. The van der Waals surface area contributed by atoms with Gasteiger partial charge in [0.1, 0.15) is 0 Å². The number of ether oxygens (including phenoxy) is 1. The highest BCUT2D eigenvalue weighted by molar-refractivity contribution is 9.10. The van der Waals surface area contributed by atoms with Gasteiger partial charge in [-0.15, -0.1) is 0 Å². The predicted octanol–water partition coefficient (Wildman–Crippen LogP) is 2.06. The Morgan fingerprint density at radius 2 is 2.05 bits per heavy atom. The van der Waals surface area contributed by atoms with Gasteiger partial charge in [0.15, 0.2) is 0 Å². The average Bonchev–Trinajstić information content (AvgIpc) is 2.97. The first-order valence-corrected chi connectivity index (χ1v) is 8.04. The quantitative estimate of drug-likeness (QED) is 0.900. The molecule has 2 saturated heterocycles. The summed E-state index contributed by atoms with van der Waals surface area (Å²) in [6.45, 7) is 5.67. The van der Waals surface area contributed by atoms with E-state index in [1.807, 2.05) is 6.07 Å². The van der Waals surface area contributed by atoms with E-state index in [2.05, 4.69) is 25.7 Å². The maximum absolute atomic E-state index is 11.0. The Kier molecular flexibility index (Phi) is 4.47. The molecule has 2 aliphatic rings. The number of carbonyl (C=O) groups is 1. The second-order valence-corrected chi connectivity index (χ2v) is 6.36. The van der Waals surface area contributed by atoms with Gasteiger partial charge in [0.05, 0.1) is 24.5 Å². The minimum Gasteiger partial charge on any atom is -0.478 e. The molecule has 0 aromatic heterocycles. The van der Waals surface area contributed by atoms with Crippen LogP contribution in [0.25, 0.3) is 0 Å². The molecule has 114 valence electrons. The molecule has 0 radical (unpaired) electrons. The molecule has 0 aliphatic carbocycles. The maximum Gasteiger partial charge on any atom is 0.335 e. The van der Waals surface area contributed by atoms with Crippen LogP contribution in [-0.2, 0) is 4.74 Å². The van der Waals surface area contributed by atoms with Crippen molar-refractivity contribution in [3.63, 3.8) is 0 Å². The molecule has 0 amide bonds. The van der Waals surface area contributed by atoms with Crippen LogP contribution in [0.4, 0.5) is 5.69 Å². The number of aromatic carboxylic acids is 1. The summed E-state index contributed by atoms with van der Waals surface area (Å²) >= 11 is 3.50. The molecule has 0 bridgehead atoms. The Balaban J connectivity index is 1.69. The van der Waals surface area contributed by atoms with E-state index in [9.17, 15) is 4.79 Å². The largest absolute Gasteiger partial charge is 0.478 e. The molecule has 0 spiro atoms. The molecule has 1 aromatic rings. The summed E-state index contributed by atoms with van der Waals surface area (Å²) < 4.78 is 6.26. The van der Waals surface area contributed by atoms with E-state index in [4.69, 9.17) is 9.84 Å². The molecule has 1 unspecified atom stereocenters. The Morgan fingerprint density at radius 3 is 2.71 bits per heavy atom. The van der Waals surface area contributed by atoms with E-state index in [1.165, 1.54) is 0 Å². The van der Waals surface area contributed by atoms with Gasteiger partial charge in [-0.25, -0.2) is 4.79 Å². The third-order valence-corrected chi connectivity index (χ3v) is 4.90. The second kappa shape index (κ2) is 6.34. The van der Waals surface area contributed by atoms with Crippen LogP contribution in [0.1, 0.15) is 16.8 Å². The Labute approximate surface area is 132 Å². The van der Waals surface area contributed by atoms with E-state index in [0.717, 1.165) is 56.0 Å². The summed E-state index contributed by atoms with van der Waals surface area (Å²) in [5, 5.41) is 9.02. The van der Waals surface area contributed by atoms with Crippen molar-refractivity contribution in [1.29, 1.82) is 0 Å². The van der Waals surface area contributed by atoms with Gasteiger partial charge in [0, 0.05) is 36.7 Å². The average molecular weight is 355 g/mol. The minimum absolute atomic E-state index is 0.314. The van der Waals surface area contributed by atoms with Gasteiger partial charge in [0.25, 0.3) is 0 Å². The molecule has 5 nitrogen and oxygen atoms in total. The molecule has 2 aliphatic heterocycles. The number of hydrogen-bond acceptors (Lipinski definition) is 4. The van der Waals surface area contributed by atoms with Crippen LogP contribution < -0.4 is 4.90 Å². The number of rotatable bonds is 3. The molecule has 2 fully saturated rings. The lowest BCUT2D eigenvalue weighted by Gasteiger charge is -2.32. The van der Waals surface area contributed by atoms with Crippen LogP contribution >= 0.6 is 15.9 Å². The van der Waals surface area contributed by atoms with Crippen LogP contribution in [0.2, 0.25) is 0 Å². The highest BCUT2D eigenvalue weighted by Gasteiger charge is 2.29. The molecule has 0 saturated carbocycles. The van der Waals surface area contributed by atoms with Gasteiger partial charge in [0.2, 0.25) is 0 Å². The number of halogens is 1. The number of hydrogen-bond donors (Lipinski definition) is 1. The van der Waals surface area contributed by atoms with Gasteiger partial charge in [-0.3, -0.25) is 4.90 Å². The fraction of sp³-hybridized carbons (Fsp3) is 0.533. The normalized spacial score (nSPS) is 23.5. The fourth-order valence-electron chi connectivity index (χ4n) is 3.10. The Hall–Kier alpha value is -1.11. The number of carboxylic acid groups (broad SMARTS) is 1. The first kappa shape index (κ1) is 14.8. The smallest absolute Gasteiger partial charge is 0.335 e. The molecule has 2 heterocycles. The molecule has 1 atom stereocenters. The molecule has 1 aromatic carbocycles. The number of nitrogens with zero attached hydrogens (tertiary/aromatic N) is 2. The highest BCUT2D eigenvalue weighted by Crippen LogP contribution is 2.31. The first-order chi connectivity index (χ1) is 10.1. The summed E-state index contributed by atoms with van der Waals surface area (Å²) in [5.41, 5.74) is 1.39. The first-order valence-electron chi connectivity index (χ1n) is 7.25. The van der Waals surface area contributed by atoms with E-state index in [0.29, 0.717) is 11.6 Å². The summed E-state index contributed by atoms with van der Waals surface area (Å²) in [4.78, 5) is 15.8. The molecular formula is C15H19BrN2O3. The topological polar surface area (TPSA) is 53.0 Å². The van der Waals surface area contributed by atoms with Crippen molar-refractivity contribution in [3.05, 3.63) is 28.2 Å². The van der Waals surface area contributed by atoms with Gasteiger partial charge >= 0.3 is 5.97 Å². The molecule has 21 heavy (non-hydrogen) atoms. The fourth-order valence-corrected chi connectivity index (χ4v) is 3.73. The van der Waals surface area contributed by atoms with Crippen LogP contribution in [0.3, 0.4) is 0 Å². The minimum atomic E-state index is -0.894. The van der Waals surface area contributed by atoms with Gasteiger partial charge < -0.3 is 14.7 Å². The van der Waals surface area contributed by atoms with E-state index < -0.39 is 5.97 Å². The lowest BCUT2D eigenvalue weighted by molar-refractivity contribution is 0.0209. The summed E-state index contributed by atoms with van der Waals surface area (Å²) in [6, 6.07) is 5.82. The zero-order chi connectivity index (χ0) is 14.8. The van der Waals surface area contributed by atoms with Crippen molar-refractivity contribution < 1.29 is 14.6 Å². The van der Waals surface area contributed by atoms with E-state index in [1.54, 1.807) is 12.1 Å². The number of anilines is 1. The predicted molar refractivity (Wildman–Crippen MR) is 84.1 cm³/mol. The van der Waals surface area contributed by atoms with Crippen LogP contribution in [0.15, 0.2) is 22.7 Å². The molecule has 3 rings (SSSR count). The van der Waals surface area contributed by atoms with Crippen molar-refractivity contribution in [2.45, 2.75) is 12.5 Å². The molecular weight excluding hydrogens is 336 g/mol. The van der Waals surface area contributed by atoms with Crippen LogP contribution in [0.5, 0.6) is 0 Å². The number of carboxylic acids is 1. The van der Waals surface area contributed by atoms with Gasteiger partial charge in [-0.1, -0.05) is 0 Å². The zero-order valence-corrected chi connectivity index (χ0v) is 13.4. The van der Waals surface area contributed by atoms with E-state index >= 15 is 0 Å². The van der Waals surface area contributed by atoms with Crippen molar-refractivity contribution >= 4 is 27.6 Å². The van der Waals surface area contributed by atoms with Gasteiger partial charge in [-0.05, 0) is 40.5 Å². The van der Waals surface area contributed by atoms with Crippen molar-refractivity contribution in [3.8, 4) is 0 Å². The maximum atomic E-state index is 11.0. The van der Waals surface area contributed by atoms with Gasteiger partial charge in [-0.2, -0.15) is 0 Å². The number of benzene rings is 1. The number of morpholine rings is 1. The summed E-state index contributed by atoms with van der Waals surface area (Å²) in [7, 11) is 0. The third kappa shape index (κ3) is 3.22. The van der Waals surface area contributed by atoms with Crippen LogP contribution in [0, 0.1) is 0 Å². The molecule has 6 heteroatoms. The summed E-state index contributed by atoms with van der Waals surface area (Å²) in [5.74, 6) is -0.894. The van der Waals surface area contributed by atoms with Crippen LogP contribution in [-0.4, -0.2) is 61.4 Å². The second-order valence-electron chi connectivity index (χ2n) is 5.51. The monoisotopic (exact) mass is 354 g/mol. The van der Waals surface area contributed by atoms with Crippen molar-refractivity contribution in [2.75, 3.05) is 44.3 Å². The van der Waals surface area contributed by atoms with Crippen molar-refractivity contribution in [1.82, 2.24) is 4.90 Å². The highest BCUT2D eigenvalue weighted by atomic mass is 79.9. The van der Waals surface area contributed by atoms with E-state index in [-0.39, 0.29) is 0 Å². The zero-order valence-electron chi connectivity index (χ0n) is 11.8. The molecule has 1 N–H and O–H groups in total. The lowest BCUT2D eigenvalue weighted by atomic mass is 10.2. The summed E-state index contributed by atoms with van der Waals surface area (Å²) in [6.07, 6.45) is 1.15. The Morgan fingerprint density at radius 1 is 1.29 bits per heavy atom.